The first-order chi connectivity index (χ1) is 14.3. The maximum Gasteiger partial charge on any atom is 2.00 e. The van der Waals surface area contributed by atoms with Gasteiger partial charge in [0.1, 0.15) is 0 Å². The second-order valence-electron chi connectivity index (χ2n) is 6.49. The van der Waals surface area contributed by atoms with Gasteiger partial charge in [0.2, 0.25) is 5.91 Å². The number of aliphatic carboxylic acids is 2. The van der Waals surface area contributed by atoms with Crippen LogP contribution in [0.3, 0.4) is 0 Å². The van der Waals surface area contributed by atoms with Crippen LogP contribution < -0.4 is 15.5 Å². The van der Waals surface area contributed by atoms with Crippen LogP contribution in [0.1, 0.15) is 78.1 Å². The number of nitrogens with one attached hydrogen (secondary N) is 1. The number of carboxylic acids is 2. The number of rotatable bonds is 16. The van der Waals surface area contributed by atoms with Gasteiger partial charge >= 0.3 is 43.7 Å². The molecule has 9 heteroatoms. The molecule has 0 aromatic carbocycles. The zero-order valence-electron chi connectivity index (χ0n) is 18.9. The second-order valence-corrected chi connectivity index (χ2v) is 6.49. The summed E-state index contributed by atoms with van der Waals surface area (Å²) >= 11 is 0. The predicted octanol–water partition coefficient (Wildman–Crippen LogP) is 1.35. The van der Waals surface area contributed by atoms with Gasteiger partial charge in [-0.05, 0) is 38.0 Å². The van der Waals surface area contributed by atoms with Gasteiger partial charge in [0.05, 0.1) is 6.42 Å². The van der Waals surface area contributed by atoms with Gasteiger partial charge < -0.3 is 30.4 Å². The zero-order chi connectivity index (χ0) is 23.0. The van der Waals surface area contributed by atoms with Crippen molar-refractivity contribution in [2.24, 2.45) is 4.99 Å². The molecule has 0 aliphatic rings. The van der Waals surface area contributed by atoms with E-state index >= 15 is 0 Å². The number of carbonyl (C=O) groups is 3. The topological polar surface area (TPSA) is 142 Å². The van der Waals surface area contributed by atoms with Crippen LogP contribution in [0.4, 0.5) is 0 Å². The van der Waals surface area contributed by atoms with E-state index in [0.717, 1.165) is 32.1 Å². The first-order valence-electron chi connectivity index (χ1n) is 10.5. The van der Waals surface area contributed by atoms with Gasteiger partial charge in [-0.1, -0.05) is 51.0 Å². The molecule has 0 aliphatic heterocycles. The van der Waals surface area contributed by atoms with Crippen molar-refractivity contribution in [3.05, 3.63) is 24.3 Å². The third-order valence-electron chi connectivity index (χ3n) is 3.57. The summed E-state index contributed by atoms with van der Waals surface area (Å²) in [4.78, 5) is 34.9. The molecule has 172 valence electrons. The normalized spacial score (nSPS) is 11.0. The SMILES string of the molecule is CCC/C=C/CCC(=O)NCCC(=O)O.CCC/C=C/CCC([O-])=NCCC(=O)[O-].[Ca+2]. The largest absolute Gasteiger partial charge is 2.00 e. The summed E-state index contributed by atoms with van der Waals surface area (Å²) in [6, 6.07) is 0. The number of amides is 1. The molecule has 1 amide bonds. The second kappa shape index (κ2) is 26.7. The number of allylic oxidation sites excluding steroid dienone is 4. The Morgan fingerprint density at radius 3 is 1.84 bits per heavy atom. The van der Waals surface area contributed by atoms with Crippen molar-refractivity contribution in [2.75, 3.05) is 13.1 Å². The van der Waals surface area contributed by atoms with Crippen LogP contribution in [0.5, 0.6) is 0 Å². The van der Waals surface area contributed by atoms with Crippen molar-refractivity contribution >= 4 is 61.5 Å². The van der Waals surface area contributed by atoms with E-state index in [1.807, 2.05) is 18.2 Å². The predicted molar refractivity (Wildman–Crippen MR) is 120 cm³/mol. The monoisotopic (exact) mass is 464 g/mol. The fraction of sp³-hybridized carbons (Fsp3) is 0.636. The fourth-order valence-electron chi connectivity index (χ4n) is 1.97. The quantitative estimate of drug-likeness (QED) is 0.153. The smallest absolute Gasteiger partial charge is 0.862 e. The molecule has 0 atom stereocenters. The summed E-state index contributed by atoms with van der Waals surface area (Å²) in [5, 5.41) is 32.0. The molecular formula is C22H36CaN2O6. The molecule has 0 saturated carbocycles. The van der Waals surface area contributed by atoms with Crippen LogP contribution in [0.2, 0.25) is 0 Å². The number of nitrogens with zero attached hydrogens (tertiary/aromatic N) is 1. The molecule has 0 aromatic rings. The first kappa shape index (κ1) is 34.2. The molecule has 0 spiro atoms. The molecule has 0 rings (SSSR count). The maximum absolute atomic E-state index is 11.1. The summed E-state index contributed by atoms with van der Waals surface area (Å²) in [5.41, 5.74) is 0. The first-order valence-corrected chi connectivity index (χ1v) is 10.5. The van der Waals surface area contributed by atoms with E-state index in [0.29, 0.717) is 19.3 Å². The van der Waals surface area contributed by atoms with E-state index in [-0.39, 0.29) is 75.5 Å². The van der Waals surface area contributed by atoms with Crippen molar-refractivity contribution in [1.29, 1.82) is 0 Å². The van der Waals surface area contributed by atoms with Gasteiger partial charge in [-0.3, -0.25) is 9.59 Å². The van der Waals surface area contributed by atoms with Gasteiger partial charge in [-0.15, -0.1) is 0 Å². The Bertz CT molecular complexity index is 562. The van der Waals surface area contributed by atoms with E-state index in [1.165, 1.54) is 0 Å². The van der Waals surface area contributed by atoms with Crippen molar-refractivity contribution < 1.29 is 29.7 Å². The molecule has 2 N–H and O–H groups in total. The van der Waals surface area contributed by atoms with E-state index in [9.17, 15) is 24.6 Å². The number of carboxylic acid groups (broad SMARTS) is 2. The Morgan fingerprint density at radius 1 is 0.839 bits per heavy atom. The molecule has 0 unspecified atom stereocenters. The number of hydrogen-bond donors (Lipinski definition) is 2. The number of hydrogen-bond acceptors (Lipinski definition) is 6. The Labute approximate surface area is 215 Å². The Balaban J connectivity index is -0.000000490. The molecule has 0 aromatic heterocycles. The summed E-state index contributed by atoms with van der Waals surface area (Å²) < 4.78 is 0. The Kier molecular flexibility index (Phi) is 29.4. The summed E-state index contributed by atoms with van der Waals surface area (Å²) in [6.07, 6.45) is 14.3. The average molecular weight is 465 g/mol. The summed E-state index contributed by atoms with van der Waals surface area (Å²) in [6.45, 7) is 4.43. The fourth-order valence-corrected chi connectivity index (χ4v) is 1.97. The number of unbranched alkanes of at least 4 members (excludes halogenated alkanes) is 2. The van der Waals surface area contributed by atoms with E-state index in [2.05, 4.69) is 30.2 Å². The molecule has 0 heterocycles. The van der Waals surface area contributed by atoms with Gasteiger partial charge in [0.15, 0.2) is 0 Å². The summed E-state index contributed by atoms with van der Waals surface area (Å²) in [5.74, 6) is -2.39. The van der Waals surface area contributed by atoms with Crippen LogP contribution in [-0.2, 0) is 14.4 Å². The molecular weight excluding hydrogens is 428 g/mol. The molecule has 8 nitrogen and oxygen atoms in total. The van der Waals surface area contributed by atoms with Gasteiger partial charge in [0.25, 0.3) is 0 Å². The van der Waals surface area contributed by atoms with Crippen molar-refractivity contribution in [3.63, 3.8) is 0 Å². The molecule has 0 aliphatic carbocycles. The van der Waals surface area contributed by atoms with Crippen LogP contribution in [0.25, 0.3) is 0 Å². The minimum atomic E-state index is -1.17. The maximum atomic E-state index is 11.1. The summed E-state index contributed by atoms with van der Waals surface area (Å²) in [7, 11) is 0. The molecule has 0 saturated heterocycles. The zero-order valence-corrected chi connectivity index (χ0v) is 21.1. The minimum absolute atomic E-state index is 0. The Hall–Kier alpha value is -1.38. The number of aliphatic imine (C=N–C) groups is 1. The van der Waals surface area contributed by atoms with Crippen LogP contribution in [0.15, 0.2) is 29.3 Å². The third kappa shape index (κ3) is 33.5. The molecule has 31 heavy (non-hydrogen) atoms. The van der Waals surface area contributed by atoms with Crippen LogP contribution in [-0.4, -0.2) is 79.7 Å². The minimum Gasteiger partial charge on any atom is -0.862 e. The van der Waals surface area contributed by atoms with E-state index in [4.69, 9.17) is 5.11 Å². The van der Waals surface area contributed by atoms with Crippen LogP contribution in [0, 0.1) is 0 Å². The molecule has 0 radical (unpaired) electrons. The Morgan fingerprint density at radius 2 is 1.35 bits per heavy atom. The van der Waals surface area contributed by atoms with E-state index in [1.54, 1.807) is 0 Å². The van der Waals surface area contributed by atoms with Crippen molar-refractivity contribution in [2.45, 2.75) is 78.1 Å². The van der Waals surface area contributed by atoms with Gasteiger partial charge in [-0.25, -0.2) is 0 Å². The van der Waals surface area contributed by atoms with Crippen LogP contribution >= 0.6 is 0 Å². The number of carbonyl (C=O) groups excluding carboxylic acids is 2. The van der Waals surface area contributed by atoms with Gasteiger partial charge in [-0.2, -0.15) is 0 Å². The molecule has 0 fully saturated rings. The van der Waals surface area contributed by atoms with E-state index < -0.39 is 11.9 Å². The standard InChI is InChI=1S/2C11H19NO3.Ca/c2*1-2-3-4-5-6-7-10(13)12-9-8-11(14)15;/h2*4-5H,2-3,6-9H2,1H3,(H,12,13)(H,14,15);/q;;+2/p-2/b2*5-4+;. The van der Waals surface area contributed by atoms with Crippen molar-refractivity contribution in [1.82, 2.24) is 5.32 Å². The average Bonchev–Trinajstić information content (AvgIpc) is 2.67. The molecule has 0 bridgehead atoms. The van der Waals surface area contributed by atoms with Crippen molar-refractivity contribution in [3.8, 4) is 0 Å². The van der Waals surface area contributed by atoms with Gasteiger partial charge in [0, 0.05) is 31.9 Å². The third-order valence-corrected chi connectivity index (χ3v) is 3.57.